The first kappa shape index (κ1) is 28.8. The Balaban J connectivity index is 2.03. The smallest absolute Gasteiger partial charge is 0.310 e. The van der Waals surface area contributed by atoms with E-state index in [4.69, 9.17) is 32.8 Å². The number of aldehydes is 1. The van der Waals surface area contributed by atoms with Gasteiger partial charge in [-0.05, 0) is 59.1 Å². The maximum absolute atomic E-state index is 13.5. The number of fused-ring (bicyclic) bond motifs is 2. The highest BCUT2D eigenvalue weighted by molar-refractivity contribution is 6.74. The summed E-state index contributed by atoms with van der Waals surface area (Å²) >= 11 is 0. The highest BCUT2D eigenvalue weighted by Crippen LogP contribution is 2.56. The molecule has 2 aliphatic rings. The molecule has 10 heteroatoms. The molecule has 0 radical (unpaired) electrons. The lowest BCUT2D eigenvalue weighted by Gasteiger charge is -2.46. The molecule has 9 nitrogen and oxygen atoms in total. The van der Waals surface area contributed by atoms with Crippen LogP contribution in [0.2, 0.25) is 18.1 Å². The Morgan fingerprint density at radius 2 is 1.49 bits per heavy atom. The summed E-state index contributed by atoms with van der Waals surface area (Å²) in [5.74, 6) is -0.427. The van der Waals surface area contributed by atoms with Crippen LogP contribution in [0.25, 0.3) is 0 Å². The molecule has 0 saturated carbocycles. The maximum Gasteiger partial charge on any atom is 0.310 e. The fraction of sp³-hybridized carbons (Fsp3) is 0.517. The van der Waals surface area contributed by atoms with Crippen molar-refractivity contribution in [1.29, 1.82) is 0 Å². The van der Waals surface area contributed by atoms with E-state index in [0.717, 1.165) is 17.4 Å². The van der Waals surface area contributed by atoms with Crippen LogP contribution in [0, 0.1) is 11.8 Å². The van der Waals surface area contributed by atoms with Crippen molar-refractivity contribution in [3.8, 4) is 28.7 Å². The molecule has 39 heavy (non-hydrogen) atoms. The summed E-state index contributed by atoms with van der Waals surface area (Å²) in [5.41, 5.74) is 2.25. The Kier molecular flexibility index (Phi) is 7.91. The van der Waals surface area contributed by atoms with Gasteiger partial charge in [0.05, 0.1) is 46.4 Å². The average Bonchev–Trinajstić information content (AvgIpc) is 3.37. The predicted octanol–water partition coefficient (Wildman–Crippen LogP) is 5.25. The van der Waals surface area contributed by atoms with E-state index in [1.54, 1.807) is 12.1 Å². The monoisotopic (exact) mass is 558 g/mol. The second-order valence-corrected chi connectivity index (χ2v) is 16.1. The summed E-state index contributed by atoms with van der Waals surface area (Å²) in [6, 6.07) is 7.36. The van der Waals surface area contributed by atoms with Gasteiger partial charge in [-0.2, -0.15) is 0 Å². The van der Waals surface area contributed by atoms with Crippen molar-refractivity contribution in [2.75, 3.05) is 35.2 Å². The molecule has 1 heterocycles. The van der Waals surface area contributed by atoms with Crippen molar-refractivity contribution in [2.24, 2.45) is 11.8 Å². The van der Waals surface area contributed by atoms with Gasteiger partial charge >= 0.3 is 5.97 Å². The molecule has 0 N–H and O–H groups in total. The van der Waals surface area contributed by atoms with Gasteiger partial charge in [-0.3, -0.25) is 4.79 Å². The van der Waals surface area contributed by atoms with Gasteiger partial charge in [-0.25, -0.2) is 0 Å². The quantitative estimate of drug-likeness (QED) is 0.244. The summed E-state index contributed by atoms with van der Waals surface area (Å²) in [4.78, 5) is 26.4. The number of rotatable bonds is 8. The molecule has 1 aliphatic carbocycles. The van der Waals surface area contributed by atoms with Crippen molar-refractivity contribution in [3.63, 3.8) is 0 Å². The van der Waals surface area contributed by atoms with Crippen molar-refractivity contribution in [3.05, 3.63) is 41.0 Å². The fourth-order valence-corrected chi connectivity index (χ4v) is 6.46. The second-order valence-electron chi connectivity index (χ2n) is 11.3. The molecule has 0 saturated heterocycles. The Labute approximate surface area is 230 Å². The van der Waals surface area contributed by atoms with Crippen molar-refractivity contribution >= 4 is 20.6 Å². The number of benzene rings is 2. The van der Waals surface area contributed by atoms with E-state index >= 15 is 0 Å². The molecule has 0 fully saturated rings. The zero-order valence-corrected chi connectivity index (χ0v) is 25.1. The summed E-state index contributed by atoms with van der Waals surface area (Å²) < 4.78 is 40.4. The summed E-state index contributed by atoms with van der Waals surface area (Å²) in [7, 11) is 3.52. The van der Waals surface area contributed by atoms with Gasteiger partial charge in [0.1, 0.15) is 6.29 Å². The lowest BCUT2D eigenvalue weighted by Crippen LogP contribution is -2.47. The molecule has 0 bridgehead atoms. The first-order chi connectivity index (χ1) is 18.4. The lowest BCUT2D eigenvalue weighted by atomic mass is 9.65. The molecular weight excluding hydrogens is 520 g/mol. The van der Waals surface area contributed by atoms with Crippen LogP contribution in [0.3, 0.4) is 0 Å². The first-order valence-electron chi connectivity index (χ1n) is 12.9. The molecule has 0 amide bonds. The molecule has 4 atom stereocenters. The lowest BCUT2D eigenvalue weighted by molar-refractivity contribution is -0.152. The standard InChI is InChI=1S/C29H38O9Si/c1-29(2,3)39(8,9)38-26-18-13-21-20(36-15-37-21)12-17(18)24(25(19(26)14-30)28(31)35-7)16-10-22(32-4)27(34-6)23(11-16)33-5/h10-14,19,24-26H,15H2,1-9H3/t19-,24+,25+,26-/m0/s1. The van der Waals surface area contributed by atoms with Crippen LogP contribution in [-0.4, -0.2) is 55.8 Å². The van der Waals surface area contributed by atoms with Crippen LogP contribution in [0.4, 0.5) is 0 Å². The van der Waals surface area contributed by atoms with Gasteiger partial charge < -0.3 is 37.6 Å². The van der Waals surface area contributed by atoms with Gasteiger partial charge in [0, 0.05) is 5.92 Å². The van der Waals surface area contributed by atoms with Crippen molar-refractivity contribution < 1.29 is 42.4 Å². The van der Waals surface area contributed by atoms with Crippen LogP contribution in [0.1, 0.15) is 49.5 Å². The molecule has 4 rings (SSSR count). The minimum Gasteiger partial charge on any atom is -0.493 e. The van der Waals surface area contributed by atoms with Crippen molar-refractivity contribution in [2.45, 2.75) is 50.9 Å². The zero-order valence-electron chi connectivity index (χ0n) is 24.1. The van der Waals surface area contributed by atoms with E-state index in [-0.39, 0.29) is 11.8 Å². The normalized spacial score (nSPS) is 22.1. The molecule has 0 unspecified atom stereocenters. The minimum atomic E-state index is -2.40. The first-order valence-corrected chi connectivity index (χ1v) is 15.8. The number of hydrogen-bond acceptors (Lipinski definition) is 9. The van der Waals surface area contributed by atoms with Crippen LogP contribution in [0.15, 0.2) is 24.3 Å². The van der Waals surface area contributed by atoms with E-state index in [9.17, 15) is 9.59 Å². The van der Waals surface area contributed by atoms with Gasteiger partial charge in [0.2, 0.25) is 12.5 Å². The minimum absolute atomic E-state index is 0.0817. The summed E-state index contributed by atoms with van der Waals surface area (Å²) in [6.07, 6.45) is 0.132. The maximum atomic E-state index is 13.5. The van der Waals surface area contributed by atoms with Crippen LogP contribution < -0.4 is 23.7 Å². The van der Waals surface area contributed by atoms with E-state index in [1.165, 1.54) is 28.4 Å². The third-order valence-electron chi connectivity index (χ3n) is 8.25. The number of esters is 1. The SMILES string of the molecule is COC(=O)[C@H]1[C@H](c2cc(OC)c(OC)c(OC)c2)c2cc3c(cc2[C@H](O[Si](C)(C)C(C)(C)C)[C@H]1C=O)OCO3. The number of methoxy groups -OCH3 is 4. The average molecular weight is 559 g/mol. The highest BCUT2D eigenvalue weighted by atomic mass is 28.4. The third kappa shape index (κ3) is 4.95. The number of carbonyl (C=O) groups is 2. The van der Waals surface area contributed by atoms with Crippen molar-refractivity contribution in [1.82, 2.24) is 0 Å². The highest BCUT2D eigenvalue weighted by Gasteiger charge is 2.52. The Hall–Kier alpha value is -3.24. The number of ether oxygens (including phenoxy) is 6. The largest absolute Gasteiger partial charge is 0.493 e. The molecular formula is C29H38O9Si. The molecule has 2 aromatic carbocycles. The van der Waals surface area contributed by atoms with E-state index < -0.39 is 38.1 Å². The van der Waals surface area contributed by atoms with E-state index in [1.807, 2.05) is 12.1 Å². The summed E-state index contributed by atoms with van der Waals surface area (Å²) in [6.45, 7) is 10.7. The molecule has 0 aromatic heterocycles. The molecule has 0 spiro atoms. The molecule has 1 aliphatic heterocycles. The predicted molar refractivity (Wildman–Crippen MR) is 147 cm³/mol. The second kappa shape index (κ2) is 10.7. The Morgan fingerprint density at radius 1 is 0.923 bits per heavy atom. The van der Waals surface area contributed by atoms with Gasteiger partial charge in [0.15, 0.2) is 31.3 Å². The van der Waals surface area contributed by atoms with E-state index in [0.29, 0.717) is 34.3 Å². The van der Waals surface area contributed by atoms with Crippen LogP contribution in [0.5, 0.6) is 28.7 Å². The topological polar surface area (TPSA) is 98.8 Å². The number of carbonyl (C=O) groups excluding carboxylic acids is 2. The fourth-order valence-electron chi connectivity index (χ4n) is 5.19. The molecule has 2 aromatic rings. The van der Waals surface area contributed by atoms with Crippen LogP contribution in [-0.2, 0) is 18.8 Å². The third-order valence-corrected chi connectivity index (χ3v) is 12.7. The van der Waals surface area contributed by atoms with Gasteiger partial charge in [0.25, 0.3) is 0 Å². The Morgan fingerprint density at radius 3 is 1.95 bits per heavy atom. The summed E-state index contributed by atoms with van der Waals surface area (Å²) in [5, 5.41) is -0.134. The van der Waals surface area contributed by atoms with Crippen LogP contribution >= 0.6 is 0 Å². The van der Waals surface area contributed by atoms with E-state index in [2.05, 4.69) is 33.9 Å². The Bertz CT molecular complexity index is 1230. The van der Waals surface area contributed by atoms with Gasteiger partial charge in [-0.15, -0.1) is 0 Å². The van der Waals surface area contributed by atoms with Gasteiger partial charge in [-0.1, -0.05) is 20.8 Å². The zero-order chi connectivity index (χ0) is 28.7. The molecule has 212 valence electrons. The number of hydrogen-bond donors (Lipinski definition) is 0.